The van der Waals surface area contributed by atoms with E-state index in [-0.39, 0.29) is 24.6 Å². The van der Waals surface area contributed by atoms with Crippen molar-refractivity contribution in [3.8, 4) is 5.75 Å². The lowest BCUT2D eigenvalue weighted by Crippen LogP contribution is -2.60. The molecule has 6 nitrogen and oxygen atoms in total. The van der Waals surface area contributed by atoms with Gasteiger partial charge in [-0.25, -0.2) is 9.38 Å². The number of amides is 1. The smallest absolute Gasteiger partial charge is 0.235 e. The maximum atomic E-state index is 14.9. The number of nitrogens with zero attached hydrogens (tertiary/aromatic N) is 2. The van der Waals surface area contributed by atoms with Gasteiger partial charge < -0.3 is 15.2 Å². The third-order valence-corrected chi connectivity index (χ3v) is 5.87. The summed E-state index contributed by atoms with van der Waals surface area (Å²) >= 11 is 0. The van der Waals surface area contributed by atoms with Crippen LogP contribution in [0.5, 0.6) is 5.75 Å². The number of hydrogen-bond donors (Lipinski definition) is 1. The Balaban J connectivity index is 1.78. The van der Waals surface area contributed by atoms with Gasteiger partial charge in [-0.1, -0.05) is 6.92 Å². The highest BCUT2D eigenvalue weighted by atomic mass is 19.1. The molecule has 0 aromatic heterocycles. The van der Waals surface area contributed by atoms with Gasteiger partial charge in [0.15, 0.2) is 5.96 Å². The Kier molecular flexibility index (Phi) is 4.58. The number of nitrogens with two attached hydrogens (primary N) is 1. The number of ether oxygens (including phenoxy) is 2. The van der Waals surface area contributed by atoms with Crippen LogP contribution in [0.2, 0.25) is 0 Å². The Labute approximate surface area is 158 Å². The minimum Gasteiger partial charge on any atom is -0.494 e. The maximum absolute atomic E-state index is 14.9. The van der Waals surface area contributed by atoms with Crippen molar-refractivity contribution in [1.82, 2.24) is 4.90 Å². The van der Waals surface area contributed by atoms with E-state index in [2.05, 4.69) is 4.99 Å². The summed E-state index contributed by atoms with van der Waals surface area (Å²) < 4.78 is 26.7. The van der Waals surface area contributed by atoms with Gasteiger partial charge in [0.05, 0.1) is 25.2 Å². The Morgan fingerprint density at radius 1 is 1.44 bits per heavy atom. The second kappa shape index (κ2) is 6.78. The zero-order valence-corrected chi connectivity index (χ0v) is 15.8. The number of aliphatic imine (C=N–C) groups is 1. The standard InChI is InChI=1S/C20H26FN3O3/c1-3-8-26-13-6-7-16(21)14(9-13)20-11-27-17(12-4-5-12)10-15(20)18(25)24(2)19(22)23-20/h6-7,9,12,15,17H,3-5,8,10-11H2,1-2H3,(H2,22,23)/t15-,17+,20+/m0/s1. The number of carbonyl (C=O) groups is 1. The fourth-order valence-electron chi connectivity index (χ4n) is 4.14. The van der Waals surface area contributed by atoms with Crippen molar-refractivity contribution in [3.63, 3.8) is 0 Å². The molecule has 0 radical (unpaired) electrons. The summed E-state index contributed by atoms with van der Waals surface area (Å²) in [6.45, 7) is 2.69. The fourth-order valence-corrected chi connectivity index (χ4v) is 4.14. The minimum atomic E-state index is -1.14. The van der Waals surface area contributed by atoms with Crippen molar-refractivity contribution in [1.29, 1.82) is 0 Å². The fraction of sp³-hybridized carbons (Fsp3) is 0.600. The maximum Gasteiger partial charge on any atom is 0.235 e. The van der Waals surface area contributed by atoms with E-state index in [1.807, 2.05) is 6.92 Å². The molecule has 0 spiro atoms. The summed E-state index contributed by atoms with van der Waals surface area (Å²) in [6.07, 6.45) is 3.64. The molecular weight excluding hydrogens is 349 g/mol. The molecule has 0 bridgehead atoms. The summed E-state index contributed by atoms with van der Waals surface area (Å²) in [5.74, 6) is 0.0929. The SMILES string of the molecule is CCCOc1ccc(F)c([C@]23CO[C@@H](C4CC4)C[C@H]2C(=O)N(C)C(N)=N3)c1. The summed E-state index contributed by atoms with van der Waals surface area (Å²) in [4.78, 5) is 19.0. The first-order valence-electron chi connectivity index (χ1n) is 9.63. The molecule has 3 atom stereocenters. The Bertz CT molecular complexity index is 780. The molecule has 1 saturated heterocycles. The van der Waals surface area contributed by atoms with Crippen molar-refractivity contribution < 1.29 is 18.7 Å². The second-order valence-electron chi connectivity index (χ2n) is 7.76. The average molecular weight is 375 g/mol. The van der Waals surface area contributed by atoms with E-state index in [0.29, 0.717) is 30.3 Å². The number of fused-ring (bicyclic) bond motifs is 1. The molecule has 1 amide bonds. The van der Waals surface area contributed by atoms with Gasteiger partial charge in [0, 0.05) is 12.6 Å². The van der Waals surface area contributed by atoms with Crippen molar-refractivity contribution in [2.45, 2.75) is 44.2 Å². The number of halogens is 1. The molecule has 2 N–H and O–H groups in total. The molecule has 27 heavy (non-hydrogen) atoms. The third kappa shape index (κ3) is 3.08. The lowest BCUT2D eigenvalue weighted by Gasteiger charge is -2.47. The second-order valence-corrected chi connectivity index (χ2v) is 7.76. The summed E-state index contributed by atoms with van der Waals surface area (Å²) in [5.41, 5.74) is 5.19. The molecule has 2 fully saturated rings. The number of guanidine groups is 1. The van der Waals surface area contributed by atoms with Gasteiger partial charge in [0.1, 0.15) is 17.1 Å². The average Bonchev–Trinajstić information content (AvgIpc) is 3.50. The van der Waals surface area contributed by atoms with Crippen LogP contribution in [0.3, 0.4) is 0 Å². The largest absolute Gasteiger partial charge is 0.494 e. The van der Waals surface area contributed by atoms with Crippen LogP contribution in [0.25, 0.3) is 0 Å². The molecule has 1 saturated carbocycles. The zero-order valence-electron chi connectivity index (χ0n) is 15.8. The molecule has 1 aliphatic carbocycles. The van der Waals surface area contributed by atoms with Crippen LogP contribution >= 0.6 is 0 Å². The van der Waals surface area contributed by atoms with Gasteiger partial charge >= 0.3 is 0 Å². The molecule has 7 heteroatoms. The quantitative estimate of drug-likeness (QED) is 0.857. The van der Waals surface area contributed by atoms with E-state index in [0.717, 1.165) is 19.3 Å². The topological polar surface area (TPSA) is 77.2 Å². The van der Waals surface area contributed by atoms with E-state index >= 15 is 0 Å². The van der Waals surface area contributed by atoms with Crippen LogP contribution in [0.1, 0.15) is 38.2 Å². The first-order chi connectivity index (χ1) is 13.0. The summed E-state index contributed by atoms with van der Waals surface area (Å²) in [6, 6.07) is 4.61. The Morgan fingerprint density at radius 2 is 2.22 bits per heavy atom. The molecule has 146 valence electrons. The summed E-state index contributed by atoms with van der Waals surface area (Å²) in [7, 11) is 1.61. The molecule has 1 aromatic carbocycles. The van der Waals surface area contributed by atoms with Crippen LogP contribution < -0.4 is 10.5 Å². The predicted octanol–water partition coefficient (Wildman–Crippen LogP) is 2.41. The van der Waals surface area contributed by atoms with Gasteiger partial charge in [-0.2, -0.15) is 0 Å². The molecule has 4 rings (SSSR count). The highest BCUT2D eigenvalue weighted by Gasteiger charge is 2.56. The normalized spacial score (nSPS) is 30.7. The first kappa shape index (κ1) is 18.2. The van der Waals surface area contributed by atoms with E-state index < -0.39 is 17.3 Å². The third-order valence-electron chi connectivity index (χ3n) is 5.87. The van der Waals surface area contributed by atoms with Crippen molar-refractivity contribution in [2.24, 2.45) is 22.6 Å². The zero-order chi connectivity index (χ0) is 19.2. The number of carbonyl (C=O) groups excluding carboxylic acids is 1. The van der Waals surface area contributed by atoms with Crippen LogP contribution in [0.4, 0.5) is 4.39 Å². The van der Waals surface area contributed by atoms with Crippen LogP contribution in [-0.4, -0.2) is 43.1 Å². The lowest BCUT2D eigenvalue weighted by molar-refractivity contribution is -0.146. The van der Waals surface area contributed by atoms with Gasteiger partial charge in [-0.3, -0.25) is 9.69 Å². The molecule has 2 heterocycles. The summed E-state index contributed by atoms with van der Waals surface area (Å²) in [5, 5.41) is 0. The van der Waals surface area contributed by atoms with Gasteiger partial charge in [0.2, 0.25) is 5.91 Å². The number of rotatable bonds is 5. The first-order valence-corrected chi connectivity index (χ1v) is 9.63. The molecule has 0 unspecified atom stereocenters. The van der Waals surface area contributed by atoms with Gasteiger partial charge in [-0.05, 0) is 49.8 Å². The van der Waals surface area contributed by atoms with Crippen molar-refractivity contribution in [3.05, 3.63) is 29.6 Å². The van der Waals surface area contributed by atoms with Crippen molar-refractivity contribution >= 4 is 11.9 Å². The number of benzene rings is 1. The van der Waals surface area contributed by atoms with Gasteiger partial charge in [-0.15, -0.1) is 0 Å². The number of hydrogen-bond acceptors (Lipinski definition) is 5. The molecule has 1 aromatic rings. The van der Waals surface area contributed by atoms with E-state index in [4.69, 9.17) is 15.2 Å². The van der Waals surface area contributed by atoms with Crippen LogP contribution in [-0.2, 0) is 15.1 Å². The van der Waals surface area contributed by atoms with Crippen molar-refractivity contribution in [2.75, 3.05) is 20.3 Å². The minimum absolute atomic E-state index is 0.0255. The predicted molar refractivity (Wildman–Crippen MR) is 98.8 cm³/mol. The van der Waals surface area contributed by atoms with Gasteiger partial charge in [0.25, 0.3) is 0 Å². The molecule has 2 aliphatic heterocycles. The van der Waals surface area contributed by atoms with E-state index in [9.17, 15) is 9.18 Å². The van der Waals surface area contributed by atoms with Crippen LogP contribution in [0.15, 0.2) is 23.2 Å². The monoisotopic (exact) mass is 375 g/mol. The molecule has 3 aliphatic rings. The lowest BCUT2D eigenvalue weighted by atomic mass is 9.72. The van der Waals surface area contributed by atoms with E-state index in [1.54, 1.807) is 19.2 Å². The van der Waals surface area contributed by atoms with E-state index in [1.165, 1.54) is 11.0 Å². The highest BCUT2D eigenvalue weighted by molar-refractivity contribution is 6.00. The molecular formula is C20H26FN3O3. The Hall–Kier alpha value is -2.15. The Morgan fingerprint density at radius 3 is 2.93 bits per heavy atom. The highest BCUT2D eigenvalue weighted by Crippen LogP contribution is 2.49. The van der Waals surface area contributed by atoms with Crippen LogP contribution in [0, 0.1) is 17.7 Å².